The third-order valence-corrected chi connectivity index (χ3v) is 6.15. The van der Waals surface area contributed by atoms with E-state index in [0.717, 1.165) is 31.5 Å². The Morgan fingerprint density at radius 1 is 1.13 bits per heavy atom. The summed E-state index contributed by atoms with van der Waals surface area (Å²) in [7, 11) is 1.59. The molecule has 2 N–H and O–H groups in total. The standard InChI is InChI=1S/C23H35FN4O3/c1-31-21-10-9-19(24)16-18(21)17-27-12-14-28(15-13-27)22(29)8-5-11-25-23(30)26-20-6-3-2-4-7-20/h9-10,16,20H,2-8,11-15,17H2,1H3,(H2,25,26,30). The summed E-state index contributed by atoms with van der Waals surface area (Å²) in [5, 5.41) is 5.89. The highest BCUT2D eigenvalue weighted by Crippen LogP contribution is 2.22. The number of carbonyl (C=O) groups excluding carboxylic acids is 2. The molecule has 2 aliphatic rings. The molecule has 0 atom stereocenters. The fourth-order valence-corrected chi connectivity index (χ4v) is 4.35. The Hall–Kier alpha value is -2.35. The van der Waals surface area contributed by atoms with Crippen molar-refractivity contribution < 1.29 is 18.7 Å². The van der Waals surface area contributed by atoms with Crippen molar-refractivity contribution in [3.8, 4) is 5.75 Å². The van der Waals surface area contributed by atoms with Crippen molar-refractivity contribution in [2.75, 3.05) is 39.8 Å². The normalized spacial score (nSPS) is 17.9. The molecule has 1 aliphatic carbocycles. The predicted molar refractivity (Wildman–Crippen MR) is 117 cm³/mol. The molecule has 0 spiro atoms. The van der Waals surface area contributed by atoms with Crippen molar-refractivity contribution in [2.24, 2.45) is 0 Å². The van der Waals surface area contributed by atoms with Crippen molar-refractivity contribution in [1.29, 1.82) is 0 Å². The van der Waals surface area contributed by atoms with E-state index in [4.69, 9.17) is 4.74 Å². The zero-order valence-electron chi connectivity index (χ0n) is 18.5. The van der Waals surface area contributed by atoms with Gasteiger partial charge in [0, 0.05) is 57.3 Å². The summed E-state index contributed by atoms with van der Waals surface area (Å²) < 4.78 is 18.9. The molecule has 172 valence electrons. The predicted octanol–water partition coefficient (Wildman–Crippen LogP) is 2.89. The SMILES string of the molecule is COc1ccc(F)cc1CN1CCN(C(=O)CCCNC(=O)NC2CCCCC2)CC1. The molecule has 2 fully saturated rings. The number of piperazine rings is 1. The van der Waals surface area contributed by atoms with E-state index < -0.39 is 0 Å². The van der Waals surface area contributed by atoms with Crippen LogP contribution in [-0.2, 0) is 11.3 Å². The number of benzene rings is 1. The molecule has 8 heteroatoms. The van der Waals surface area contributed by atoms with Crippen molar-refractivity contribution >= 4 is 11.9 Å². The van der Waals surface area contributed by atoms with Gasteiger partial charge in [0.1, 0.15) is 11.6 Å². The van der Waals surface area contributed by atoms with Gasteiger partial charge in [-0.1, -0.05) is 19.3 Å². The van der Waals surface area contributed by atoms with Crippen LogP contribution >= 0.6 is 0 Å². The van der Waals surface area contributed by atoms with Crippen molar-refractivity contribution in [2.45, 2.75) is 57.5 Å². The smallest absolute Gasteiger partial charge is 0.315 e. The summed E-state index contributed by atoms with van der Waals surface area (Å²) >= 11 is 0. The molecule has 1 aromatic carbocycles. The maximum atomic E-state index is 13.6. The largest absolute Gasteiger partial charge is 0.496 e. The first-order valence-corrected chi connectivity index (χ1v) is 11.4. The van der Waals surface area contributed by atoms with Gasteiger partial charge in [0.15, 0.2) is 0 Å². The van der Waals surface area contributed by atoms with E-state index in [9.17, 15) is 14.0 Å². The van der Waals surface area contributed by atoms with Crippen LogP contribution in [0.3, 0.4) is 0 Å². The number of amides is 3. The fourth-order valence-electron chi connectivity index (χ4n) is 4.35. The molecule has 7 nitrogen and oxygen atoms in total. The Morgan fingerprint density at radius 3 is 2.58 bits per heavy atom. The quantitative estimate of drug-likeness (QED) is 0.617. The van der Waals surface area contributed by atoms with Crippen LogP contribution in [0.1, 0.15) is 50.5 Å². The molecule has 1 aromatic rings. The molecule has 1 saturated carbocycles. The lowest BCUT2D eigenvalue weighted by molar-refractivity contribution is -0.133. The van der Waals surface area contributed by atoms with Crippen LogP contribution in [0, 0.1) is 5.82 Å². The van der Waals surface area contributed by atoms with Crippen LogP contribution < -0.4 is 15.4 Å². The minimum atomic E-state index is -0.273. The highest BCUT2D eigenvalue weighted by atomic mass is 19.1. The van der Waals surface area contributed by atoms with E-state index in [-0.39, 0.29) is 17.8 Å². The van der Waals surface area contributed by atoms with E-state index in [0.29, 0.717) is 50.8 Å². The van der Waals surface area contributed by atoms with Gasteiger partial charge < -0.3 is 20.3 Å². The molecule has 1 saturated heterocycles. The number of hydrogen-bond acceptors (Lipinski definition) is 4. The lowest BCUT2D eigenvalue weighted by Gasteiger charge is -2.35. The average molecular weight is 435 g/mol. The fraction of sp³-hybridized carbons (Fsp3) is 0.652. The van der Waals surface area contributed by atoms with Gasteiger partial charge >= 0.3 is 6.03 Å². The number of hydrogen-bond donors (Lipinski definition) is 2. The summed E-state index contributed by atoms with van der Waals surface area (Å²) in [6, 6.07) is 4.72. The van der Waals surface area contributed by atoms with Crippen LogP contribution in [0.4, 0.5) is 9.18 Å². The van der Waals surface area contributed by atoms with Gasteiger partial charge in [-0.2, -0.15) is 0 Å². The lowest BCUT2D eigenvalue weighted by atomic mass is 9.96. The Bertz CT molecular complexity index is 732. The maximum absolute atomic E-state index is 13.6. The number of carbonyl (C=O) groups is 2. The van der Waals surface area contributed by atoms with Gasteiger partial charge in [-0.15, -0.1) is 0 Å². The lowest BCUT2D eigenvalue weighted by Crippen LogP contribution is -2.48. The molecule has 1 heterocycles. The highest BCUT2D eigenvalue weighted by Gasteiger charge is 2.22. The van der Waals surface area contributed by atoms with E-state index in [2.05, 4.69) is 15.5 Å². The monoisotopic (exact) mass is 434 g/mol. The topological polar surface area (TPSA) is 73.9 Å². The first-order chi connectivity index (χ1) is 15.0. The number of ether oxygens (including phenoxy) is 1. The molecule has 31 heavy (non-hydrogen) atoms. The summed E-state index contributed by atoms with van der Waals surface area (Å²) in [4.78, 5) is 28.5. The first-order valence-electron chi connectivity index (χ1n) is 11.4. The molecule has 3 rings (SSSR count). The van der Waals surface area contributed by atoms with E-state index >= 15 is 0 Å². The van der Waals surface area contributed by atoms with Crippen molar-refractivity contribution in [3.63, 3.8) is 0 Å². The molecule has 0 unspecified atom stereocenters. The van der Waals surface area contributed by atoms with Gasteiger partial charge in [-0.05, 0) is 37.5 Å². The molecular formula is C23H35FN4O3. The number of nitrogens with one attached hydrogen (secondary N) is 2. The number of halogens is 1. The molecule has 3 amide bonds. The molecule has 1 aliphatic heterocycles. The van der Waals surface area contributed by atoms with Crippen LogP contribution in [-0.4, -0.2) is 67.6 Å². The van der Waals surface area contributed by atoms with E-state index in [1.807, 2.05) is 4.90 Å². The van der Waals surface area contributed by atoms with Crippen LogP contribution in [0.15, 0.2) is 18.2 Å². The third-order valence-electron chi connectivity index (χ3n) is 6.15. The number of nitrogens with zero attached hydrogens (tertiary/aromatic N) is 2. The average Bonchev–Trinajstić information content (AvgIpc) is 2.78. The third kappa shape index (κ3) is 7.38. The first kappa shape index (κ1) is 23.3. The Kier molecular flexibility index (Phi) is 8.94. The summed E-state index contributed by atoms with van der Waals surface area (Å²) in [6.07, 6.45) is 6.81. The van der Waals surface area contributed by atoms with Gasteiger partial charge in [-0.3, -0.25) is 9.69 Å². The van der Waals surface area contributed by atoms with Crippen molar-refractivity contribution in [1.82, 2.24) is 20.4 Å². The number of urea groups is 1. The second-order valence-corrected chi connectivity index (χ2v) is 8.45. The summed E-state index contributed by atoms with van der Waals surface area (Å²) in [6.45, 7) is 3.91. The second kappa shape index (κ2) is 11.9. The summed E-state index contributed by atoms with van der Waals surface area (Å²) in [5.74, 6) is 0.531. The Morgan fingerprint density at radius 2 is 1.87 bits per heavy atom. The number of methoxy groups -OCH3 is 1. The van der Waals surface area contributed by atoms with Crippen LogP contribution in [0.2, 0.25) is 0 Å². The zero-order valence-corrected chi connectivity index (χ0v) is 18.5. The van der Waals surface area contributed by atoms with Gasteiger partial charge in [0.2, 0.25) is 5.91 Å². The van der Waals surface area contributed by atoms with E-state index in [1.165, 1.54) is 31.4 Å². The van der Waals surface area contributed by atoms with Crippen LogP contribution in [0.5, 0.6) is 5.75 Å². The molecule has 0 radical (unpaired) electrons. The van der Waals surface area contributed by atoms with Crippen molar-refractivity contribution in [3.05, 3.63) is 29.6 Å². The van der Waals surface area contributed by atoms with E-state index in [1.54, 1.807) is 13.2 Å². The highest BCUT2D eigenvalue weighted by molar-refractivity contribution is 5.76. The molecule has 0 aromatic heterocycles. The minimum Gasteiger partial charge on any atom is -0.496 e. The van der Waals surface area contributed by atoms with Gasteiger partial charge in [0.05, 0.1) is 7.11 Å². The Balaban J connectivity index is 1.31. The van der Waals surface area contributed by atoms with Gasteiger partial charge in [-0.25, -0.2) is 9.18 Å². The van der Waals surface area contributed by atoms with Gasteiger partial charge in [0.25, 0.3) is 0 Å². The molecular weight excluding hydrogens is 399 g/mol. The second-order valence-electron chi connectivity index (χ2n) is 8.45. The number of rotatable bonds is 8. The Labute approximate surface area is 184 Å². The summed E-state index contributed by atoms with van der Waals surface area (Å²) in [5.41, 5.74) is 0.819. The zero-order chi connectivity index (χ0) is 22.1. The minimum absolute atomic E-state index is 0.123. The van der Waals surface area contributed by atoms with Crippen LogP contribution in [0.25, 0.3) is 0 Å². The molecule has 0 bridgehead atoms. The maximum Gasteiger partial charge on any atom is 0.315 e.